The molecule has 2 aliphatic rings. The van der Waals surface area contributed by atoms with E-state index < -0.39 is 5.92 Å². The number of anilines is 2. The molecule has 1 fully saturated rings. The Hall–Kier alpha value is -3.22. The molecule has 0 saturated carbocycles. The molecule has 2 aromatic rings. The minimum atomic E-state index is -0.433. The van der Waals surface area contributed by atoms with Gasteiger partial charge in [-0.2, -0.15) is 0 Å². The van der Waals surface area contributed by atoms with Gasteiger partial charge in [0.05, 0.1) is 18.2 Å². The van der Waals surface area contributed by atoms with E-state index in [1.807, 2.05) is 31.2 Å². The first-order valence-electron chi connectivity index (χ1n) is 8.88. The van der Waals surface area contributed by atoms with Gasteiger partial charge in [0.2, 0.25) is 18.6 Å². The Labute approximate surface area is 156 Å². The minimum absolute atomic E-state index is 0.0898. The molecule has 140 valence electrons. The van der Waals surface area contributed by atoms with Gasteiger partial charge < -0.3 is 24.4 Å². The molecular weight excluding hydrogens is 348 g/mol. The van der Waals surface area contributed by atoms with E-state index in [-0.39, 0.29) is 25.0 Å². The lowest BCUT2D eigenvalue weighted by Gasteiger charge is -2.20. The number of amides is 2. The summed E-state index contributed by atoms with van der Waals surface area (Å²) in [5.74, 6) is 1.18. The second-order valence-corrected chi connectivity index (χ2v) is 6.36. The fourth-order valence-corrected chi connectivity index (χ4v) is 3.29. The highest BCUT2D eigenvalue weighted by Gasteiger charge is 2.36. The van der Waals surface area contributed by atoms with Gasteiger partial charge in [-0.05, 0) is 31.2 Å². The first-order chi connectivity index (χ1) is 13.2. The van der Waals surface area contributed by atoms with E-state index >= 15 is 0 Å². The van der Waals surface area contributed by atoms with Crippen LogP contribution in [0.15, 0.2) is 42.5 Å². The summed E-state index contributed by atoms with van der Waals surface area (Å²) in [4.78, 5) is 26.8. The molecule has 4 rings (SSSR count). The normalized spacial score (nSPS) is 17.9. The van der Waals surface area contributed by atoms with Crippen LogP contribution in [0.4, 0.5) is 11.4 Å². The second-order valence-electron chi connectivity index (χ2n) is 6.36. The lowest BCUT2D eigenvalue weighted by molar-refractivity contribution is -0.122. The number of para-hydroxylation sites is 2. The summed E-state index contributed by atoms with van der Waals surface area (Å²) in [6.07, 6.45) is 0.164. The lowest BCUT2D eigenvalue weighted by Crippen LogP contribution is -2.28. The summed E-state index contributed by atoms with van der Waals surface area (Å²) < 4.78 is 16.2. The zero-order valence-corrected chi connectivity index (χ0v) is 14.9. The SMILES string of the molecule is CCOc1ccccc1N1C[C@@H](C(=O)Nc2ccc3c(c2)OCO3)CC1=O. The molecule has 2 heterocycles. The molecule has 0 unspecified atom stereocenters. The Bertz CT molecular complexity index is 882. The Kier molecular flexibility index (Phi) is 4.58. The van der Waals surface area contributed by atoms with Gasteiger partial charge in [0.1, 0.15) is 5.75 Å². The van der Waals surface area contributed by atoms with E-state index in [4.69, 9.17) is 14.2 Å². The molecule has 0 radical (unpaired) electrons. The van der Waals surface area contributed by atoms with Crippen LogP contribution in [0.25, 0.3) is 0 Å². The highest BCUT2D eigenvalue weighted by atomic mass is 16.7. The van der Waals surface area contributed by atoms with Crippen molar-refractivity contribution in [3.05, 3.63) is 42.5 Å². The zero-order valence-electron chi connectivity index (χ0n) is 14.9. The molecule has 1 saturated heterocycles. The topological polar surface area (TPSA) is 77.1 Å². The summed E-state index contributed by atoms with van der Waals surface area (Å²) in [5.41, 5.74) is 1.31. The van der Waals surface area contributed by atoms with Crippen LogP contribution in [0.1, 0.15) is 13.3 Å². The monoisotopic (exact) mass is 368 g/mol. The standard InChI is InChI=1S/C20H20N2O5/c1-2-25-16-6-4-3-5-15(16)22-11-13(9-19(22)23)20(24)21-14-7-8-17-18(10-14)27-12-26-17/h3-8,10,13H,2,9,11-12H2,1H3,(H,21,24)/t13-/m0/s1. The number of fused-ring (bicyclic) bond motifs is 1. The number of nitrogens with one attached hydrogen (secondary N) is 1. The minimum Gasteiger partial charge on any atom is -0.492 e. The number of nitrogens with zero attached hydrogens (tertiary/aromatic N) is 1. The Morgan fingerprint density at radius 2 is 2.04 bits per heavy atom. The number of rotatable bonds is 5. The fourth-order valence-electron chi connectivity index (χ4n) is 3.29. The molecule has 2 amide bonds. The van der Waals surface area contributed by atoms with Crippen molar-refractivity contribution in [2.75, 3.05) is 30.2 Å². The van der Waals surface area contributed by atoms with Crippen LogP contribution in [0.5, 0.6) is 17.2 Å². The van der Waals surface area contributed by atoms with Crippen LogP contribution in [-0.4, -0.2) is 31.8 Å². The average Bonchev–Trinajstić information content (AvgIpc) is 3.28. The maximum atomic E-state index is 12.7. The van der Waals surface area contributed by atoms with E-state index in [9.17, 15) is 9.59 Å². The molecule has 0 bridgehead atoms. The number of hydrogen-bond donors (Lipinski definition) is 1. The fraction of sp³-hybridized carbons (Fsp3) is 0.300. The molecule has 0 aliphatic carbocycles. The third-order valence-corrected chi connectivity index (χ3v) is 4.59. The van der Waals surface area contributed by atoms with E-state index in [0.29, 0.717) is 41.8 Å². The van der Waals surface area contributed by atoms with E-state index in [0.717, 1.165) is 0 Å². The summed E-state index contributed by atoms with van der Waals surface area (Å²) in [6.45, 7) is 2.90. The van der Waals surface area contributed by atoms with Gasteiger partial charge in [0.25, 0.3) is 0 Å². The number of carbonyl (C=O) groups is 2. The zero-order chi connectivity index (χ0) is 18.8. The predicted octanol–water partition coefficient (Wildman–Crippen LogP) is 2.81. The molecule has 1 atom stereocenters. The van der Waals surface area contributed by atoms with Crippen molar-refractivity contribution < 1.29 is 23.8 Å². The molecule has 2 aliphatic heterocycles. The van der Waals surface area contributed by atoms with Gasteiger partial charge >= 0.3 is 0 Å². The quantitative estimate of drug-likeness (QED) is 0.878. The lowest BCUT2D eigenvalue weighted by atomic mass is 10.1. The summed E-state index contributed by atoms with van der Waals surface area (Å²) in [7, 11) is 0. The summed E-state index contributed by atoms with van der Waals surface area (Å²) >= 11 is 0. The summed E-state index contributed by atoms with van der Waals surface area (Å²) in [6, 6.07) is 12.6. The van der Waals surface area contributed by atoms with Crippen molar-refractivity contribution in [1.29, 1.82) is 0 Å². The van der Waals surface area contributed by atoms with Crippen LogP contribution < -0.4 is 24.4 Å². The number of hydrogen-bond acceptors (Lipinski definition) is 5. The molecule has 27 heavy (non-hydrogen) atoms. The van der Waals surface area contributed by atoms with Gasteiger partial charge in [-0.25, -0.2) is 0 Å². The first kappa shape index (κ1) is 17.2. The van der Waals surface area contributed by atoms with Gasteiger partial charge in [-0.15, -0.1) is 0 Å². The second kappa shape index (κ2) is 7.19. The average molecular weight is 368 g/mol. The van der Waals surface area contributed by atoms with E-state index in [1.165, 1.54) is 0 Å². The number of carbonyl (C=O) groups excluding carboxylic acids is 2. The van der Waals surface area contributed by atoms with Crippen molar-refractivity contribution >= 4 is 23.2 Å². The Morgan fingerprint density at radius 1 is 1.22 bits per heavy atom. The molecular formula is C20H20N2O5. The highest BCUT2D eigenvalue weighted by molar-refractivity contribution is 6.04. The molecule has 7 heteroatoms. The van der Waals surface area contributed by atoms with Crippen molar-refractivity contribution in [3.8, 4) is 17.2 Å². The molecule has 0 aromatic heterocycles. The molecule has 1 N–H and O–H groups in total. The van der Waals surface area contributed by atoms with Crippen LogP contribution in [0.3, 0.4) is 0 Å². The van der Waals surface area contributed by atoms with Crippen LogP contribution in [0, 0.1) is 5.92 Å². The Balaban J connectivity index is 1.47. The van der Waals surface area contributed by atoms with Crippen LogP contribution >= 0.6 is 0 Å². The number of ether oxygens (including phenoxy) is 3. The van der Waals surface area contributed by atoms with E-state index in [2.05, 4.69) is 5.32 Å². The van der Waals surface area contributed by atoms with Crippen molar-refractivity contribution in [1.82, 2.24) is 0 Å². The largest absolute Gasteiger partial charge is 0.492 e. The van der Waals surface area contributed by atoms with Crippen molar-refractivity contribution in [3.63, 3.8) is 0 Å². The van der Waals surface area contributed by atoms with Crippen molar-refractivity contribution in [2.24, 2.45) is 5.92 Å². The predicted molar refractivity (Wildman–Crippen MR) is 99.3 cm³/mol. The van der Waals surface area contributed by atoms with Crippen molar-refractivity contribution in [2.45, 2.75) is 13.3 Å². The maximum Gasteiger partial charge on any atom is 0.231 e. The molecule has 0 spiro atoms. The molecule has 7 nitrogen and oxygen atoms in total. The smallest absolute Gasteiger partial charge is 0.231 e. The van der Waals surface area contributed by atoms with Gasteiger partial charge in [-0.1, -0.05) is 12.1 Å². The number of benzene rings is 2. The Morgan fingerprint density at radius 3 is 2.89 bits per heavy atom. The maximum absolute atomic E-state index is 12.7. The van der Waals surface area contributed by atoms with Gasteiger partial charge in [-0.3, -0.25) is 9.59 Å². The summed E-state index contributed by atoms with van der Waals surface area (Å²) in [5, 5.41) is 2.86. The van der Waals surface area contributed by atoms with Crippen LogP contribution in [-0.2, 0) is 9.59 Å². The van der Waals surface area contributed by atoms with Gasteiger partial charge in [0.15, 0.2) is 11.5 Å². The molecule has 2 aromatic carbocycles. The van der Waals surface area contributed by atoms with Crippen LogP contribution in [0.2, 0.25) is 0 Å². The third-order valence-electron chi connectivity index (χ3n) is 4.59. The first-order valence-corrected chi connectivity index (χ1v) is 8.88. The third kappa shape index (κ3) is 3.40. The van der Waals surface area contributed by atoms with Gasteiger partial charge in [0, 0.05) is 24.7 Å². The highest BCUT2D eigenvalue weighted by Crippen LogP contribution is 2.36. The van der Waals surface area contributed by atoms with E-state index in [1.54, 1.807) is 23.1 Å².